The van der Waals surface area contributed by atoms with Crippen molar-refractivity contribution in [3.8, 4) is 23.0 Å². The van der Waals surface area contributed by atoms with E-state index in [0.29, 0.717) is 40.2 Å². The van der Waals surface area contributed by atoms with E-state index in [0.717, 1.165) is 60.9 Å². The molecule has 0 saturated carbocycles. The van der Waals surface area contributed by atoms with E-state index in [1.165, 1.54) is 28.4 Å². The summed E-state index contributed by atoms with van der Waals surface area (Å²) in [6.07, 6.45) is 6.11. The number of aliphatic imine (C=N–C) groups is 2. The van der Waals surface area contributed by atoms with Gasteiger partial charge in [-0.15, -0.1) is 22.7 Å². The van der Waals surface area contributed by atoms with Crippen LogP contribution < -0.4 is 20.1 Å². The summed E-state index contributed by atoms with van der Waals surface area (Å²) in [5.74, 6) is 3.35. The van der Waals surface area contributed by atoms with Gasteiger partial charge in [0.1, 0.15) is 29.3 Å². The van der Waals surface area contributed by atoms with Gasteiger partial charge in [0, 0.05) is 38.5 Å². The van der Waals surface area contributed by atoms with Crippen LogP contribution in [0.25, 0.3) is 27.9 Å². The summed E-state index contributed by atoms with van der Waals surface area (Å²) in [6, 6.07) is 42.1. The Kier molecular flexibility index (Phi) is 14.4. The molecule has 2 aliphatic heterocycles. The van der Waals surface area contributed by atoms with E-state index in [2.05, 4.69) is 30.6 Å². The Hall–Kier alpha value is -6.91. The van der Waals surface area contributed by atoms with Crippen LogP contribution in [0.15, 0.2) is 172 Å². The summed E-state index contributed by atoms with van der Waals surface area (Å²) in [7, 11) is 0. The van der Waals surface area contributed by atoms with E-state index < -0.39 is 0 Å². The zero-order valence-electron chi connectivity index (χ0n) is 33.3. The van der Waals surface area contributed by atoms with Crippen molar-refractivity contribution >= 4 is 103 Å². The van der Waals surface area contributed by atoms with Crippen LogP contribution in [0.4, 0.5) is 0 Å². The standard InChI is InChI=1S/C24H17N3O2S2.C16H11NO2.C8H8N2OS2/c28-23-22(31-24(27-23)26-15-18-7-4-12-30-18)14-16-8-9-20-19(13-16)21(10-11-25-20)29-17-5-2-1-3-6-17;18-11-12-6-7-15-14(10-12)16(8-9-17-15)19-13-4-2-1-3-5-13;11-7-5-13-8(10-7)9-4-6-2-1-3-12-6/h1-14H,15H2,(H,26,27,28);1-11H;1-3H,4-5H2,(H,9,10,11)/b22-14-;;. The normalized spacial score (nSPS) is 15.1. The van der Waals surface area contributed by atoms with Crippen LogP contribution in [0.5, 0.6) is 23.0 Å². The molecule has 0 radical (unpaired) electrons. The molecule has 63 heavy (non-hydrogen) atoms. The first-order valence-corrected chi connectivity index (χ1v) is 23.0. The Morgan fingerprint density at radius 1 is 0.619 bits per heavy atom. The molecule has 2 fully saturated rings. The van der Waals surface area contributed by atoms with Crippen molar-refractivity contribution in [3.05, 3.63) is 182 Å². The quantitative estimate of drug-likeness (QED) is 0.101. The number of carbonyl (C=O) groups excluding carboxylic acids is 3. The minimum absolute atomic E-state index is 0.0509. The zero-order chi connectivity index (χ0) is 43.2. The largest absolute Gasteiger partial charge is 0.457 e. The van der Waals surface area contributed by atoms with E-state index in [9.17, 15) is 14.4 Å². The molecular formula is C48H36N6O5S4. The van der Waals surface area contributed by atoms with E-state index in [-0.39, 0.29) is 11.8 Å². The smallest absolute Gasteiger partial charge is 0.264 e. The molecular weight excluding hydrogens is 869 g/mol. The zero-order valence-corrected chi connectivity index (χ0v) is 36.5. The number of thiophene rings is 2. The topological polar surface area (TPSA) is 144 Å². The number of pyridine rings is 2. The lowest BCUT2D eigenvalue weighted by Crippen LogP contribution is -2.20. The van der Waals surface area contributed by atoms with Crippen molar-refractivity contribution < 1.29 is 23.9 Å². The number of benzene rings is 4. The first kappa shape index (κ1) is 42.8. The highest BCUT2D eigenvalue weighted by molar-refractivity contribution is 8.18. The van der Waals surface area contributed by atoms with Crippen LogP contribution in [0.2, 0.25) is 0 Å². The van der Waals surface area contributed by atoms with Crippen LogP contribution in [-0.4, -0.2) is 44.2 Å². The number of nitrogens with zero attached hydrogens (tertiary/aromatic N) is 4. The minimum Gasteiger partial charge on any atom is -0.457 e. The first-order chi connectivity index (χ1) is 31.0. The van der Waals surface area contributed by atoms with E-state index in [4.69, 9.17) is 9.47 Å². The van der Waals surface area contributed by atoms with Gasteiger partial charge >= 0.3 is 0 Å². The fourth-order valence-electron chi connectivity index (χ4n) is 6.02. The Morgan fingerprint density at radius 3 is 1.70 bits per heavy atom. The fourth-order valence-corrected chi connectivity index (χ4v) is 8.78. The van der Waals surface area contributed by atoms with Gasteiger partial charge in [-0.05, 0) is 113 Å². The number of hydrogen-bond donors (Lipinski definition) is 2. The van der Waals surface area contributed by atoms with Crippen LogP contribution in [0.1, 0.15) is 25.7 Å². The summed E-state index contributed by atoms with van der Waals surface area (Å²) in [4.78, 5) is 54.5. The van der Waals surface area contributed by atoms with Crippen LogP contribution in [0.3, 0.4) is 0 Å². The highest BCUT2D eigenvalue weighted by Gasteiger charge is 2.24. The summed E-state index contributed by atoms with van der Waals surface area (Å²) in [5.41, 5.74) is 3.14. The monoisotopic (exact) mass is 904 g/mol. The number of nitrogens with one attached hydrogen (secondary N) is 2. The van der Waals surface area contributed by atoms with Crippen molar-refractivity contribution in [2.45, 2.75) is 13.1 Å². The van der Waals surface area contributed by atoms with E-state index >= 15 is 0 Å². The maximum atomic E-state index is 12.4. The minimum atomic E-state index is -0.137. The number of fused-ring (bicyclic) bond motifs is 2. The molecule has 11 nitrogen and oxygen atoms in total. The molecule has 6 heterocycles. The van der Waals surface area contributed by atoms with Crippen molar-refractivity contribution in [2.75, 3.05) is 5.75 Å². The van der Waals surface area contributed by atoms with Gasteiger partial charge in [-0.1, -0.05) is 66.4 Å². The molecule has 4 aromatic heterocycles. The predicted octanol–water partition coefficient (Wildman–Crippen LogP) is 11.2. The van der Waals surface area contributed by atoms with Crippen LogP contribution in [0, 0.1) is 0 Å². The predicted molar refractivity (Wildman–Crippen MR) is 257 cm³/mol. The molecule has 2 amide bonds. The van der Waals surface area contributed by atoms with Gasteiger partial charge in [-0.3, -0.25) is 34.3 Å². The molecule has 0 aliphatic carbocycles. The molecule has 8 aromatic rings. The Bertz CT molecular complexity index is 2940. The third-order valence-corrected chi connectivity index (χ3v) is 12.6. The third-order valence-electron chi connectivity index (χ3n) is 8.98. The molecule has 312 valence electrons. The molecule has 0 spiro atoms. The van der Waals surface area contributed by atoms with Gasteiger partial charge in [-0.2, -0.15) is 0 Å². The lowest BCUT2D eigenvalue weighted by Gasteiger charge is -2.09. The number of thioether (sulfide) groups is 2. The molecule has 0 unspecified atom stereocenters. The van der Waals surface area contributed by atoms with Crippen LogP contribution >= 0.6 is 46.2 Å². The lowest BCUT2D eigenvalue weighted by atomic mass is 10.1. The summed E-state index contributed by atoms with van der Waals surface area (Å²) >= 11 is 6.15. The van der Waals surface area contributed by atoms with Crippen molar-refractivity contribution in [1.29, 1.82) is 0 Å². The Balaban J connectivity index is 0.000000144. The van der Waals surface area contributed by atoms with Gasteiger partial charge in [0.15, 0.2) is 10.3 Å². The maximum absolute atomic E-state index is 12.4. The number of ether oxygens (including phenoxy) is 2. The molecule has 10 rings (SSSR count). The van der Waals surface area contributed by atoms with E-state index in [1.54, 1.807) is 53.3 Å². The summed E-state index contributed by atoms with van der Waals surface area (Å²) in [5, 5.41) is 12.7. The Labute approximate surface area is 379 Å². The van der Waals surface area contributed by atoms with Crippen molar-refractivity contribution in [3.63, 3.8) is 0 Å². The number of aromatic nitrogens is 2. The molecule has 2 N–H and O–H groups in total. The summed E-state index contributed by atoms with van der Waals surface area (Å²) in [6.45, 7) is 1.23. The molecule has 2 saturated heterocycles. The van der Waals surface area contributed by atoms with Gasteiger partial charge in [0.2, 0.25) is 5.91 Å². The number of rotatable bonds is 10. The van der Waals surface area contributed by atoms with Crippen LogP contribution in [-0.2, 0) is 22.7 Å². The third kappa shape index (κ3) is 11.9. The van der Waals surface area contributed by atoms with Crippen molar-refractivity contribution in [2.24, 2.45) is 9.98 Å². The molecule has 2 aliphatic rings. The molecule has 0 atom stereocenters. The van der Waals surface area contributed by atoms with Gasteiger partial charge in [0.05, 0.1) is 34.8 Å². The number of hydrogen-bond acceptors (Lipinski definition) is 13. The summed E-state index contributed by atoms with van der Waals surface area (Å²) < 4.78 is 11.9. The van der Waals surface area contributed by atoms with Gasteiger partial charge in [-0.25, -0.2) is 0 Å². The Morgan fingerprint density at radius 2 is 1.17 bits per heavy atom. The molecule has 4 aromatic carbocycles. The SMILES string of the molecule is O=C1CSC(=NCc2cccs2)N1.O=C1NC(=NCc2cccs2)S/C1=C\c1ccc2nccc(Oc3ccccc3)c2c1.O=Cc1ccc2nccc(Oc3ccccc3)c2c1. The van der Waals surface area contributed by atoms with Crippen molar-refractivity contribution in [1.82, 2.24) is 20.6 Å². The number of carbonyl (C=O) groups is 3. The highest BCUT2D eigenvalue weighted by Crippen LogP contribution is 2.33. The molecule has 15 heteroatoms. The van der Waals surface area contributed by atoms with Gasteiger partial charge in [0.25, 0.3) is 5.91 Å². The lowest BCUT2D eigenvalue weighted by molar-refractivity contribution is -0.117. The first-order valence-electron chi connectivity index (χ1n) is 19.4. The second-order valence-electron chi connectivity index (χ2n) is 13.4. The average Bonchev–Trinajstić information content (AvgIpc) is 4.17. The number of amides is 2. The second kappa shape index (κ2) is 21.3. The number of amidine groups is 2. The fraction of sp³-hybridized carbons (Fsp3) is 0.0625. The maximum Gasteiger partial charge on any atom is 0.264 e. The average molecular weight is 905 g/mol. The highest BCUT2D eigenvalue weighted by atomic mass is 32.2. The molecule has 0 bridgehead atoms. The second-order valence-corrected chi connectivity index (χ2v) is 17.5. The van der Waals surface area contributed by atoms with Gasteiger partial charge < -0.3 is 20.1 Å². The van der Waals surface area contributed by atoms with E-state index in [1.807, 2.05) is 132 Å². The number of para-hydroxylation sites is 2. The number of aldehydes is 1.